The molecular weight excluding hydrogens is 409 g/mol. The van der Waals surface area contributed by atoms with Crippen molar-refractivity contribution >= 4 is 29.2 Å². The van der Waals surface area contributed by atoms with Crippen LogP contribution in [0.25, 0.3) is 0 Å². The Labute approximate surface area is 180 Å². The molecule has 30 heavy (non-hydrogen) atoms. The number of ether oxygens (including phenoxy) is 1. The Morgan fingerprint density at radius 2 is 1.77 bits per heavy atom. The van der Waals surface area contributed by atoms with Gasteiger partial charge in [0.15, 0.2) is 0 Å². The van der Waals surface area contributed by atoms with Gasteiger partial charge in [-0.05, 0) is 23.8 Å². The Kier molecular flexibility index (Phi) is 7.79. The first-order chi connectivity index (χ1) is 14.5. The lowest BCUT2D eigenvalue weighted by Gasteiger charge is -2.38. The van der Waals surface area contributed by atoms with Gasteiger partial charge in [-0.3, -0.25) is 9.69 Å². The van der Waals surface area contributed by atoms with Crippen molar-refractivity contribution < 1.29 is 18.7 Å². The number of esters is 1. The smallest absolute Gasteiger partial charge is 0.327 e. The topological polar surface area (TPSA) is 61.9 Å². The first-order valence-corrected chi connectivity index (χ1v) is 10.2. The first-order valence-electron chi connectivity index (χ1n) is 9.82. The Morgan fingerprint density at radius 1 is 1.10 bits per heavy atom. The number of para-hydroxylation sites is 1. The number of piperazine rings is 1. The molecule has 1 aliphatic heterocycles. The summed E-state index contributed by atoms with van der Waals surface area (Å²) < 4.78 is 18.7. The van der Waals surface area contributed by atoms with Crippen molar-refractivity contribution in [3.63, 3.8) is 0 Å². The highest BCUT2D eigenvalue weighted by atomic mass is 35.5. The van der Waals surface area contributed by atoms with E-state index in [2.05, 4.69) is 10.2 Å². The van der Waals surface area contributed by atoms with Crippen molar-refractivity contribution in [2.24, 2.45) is 0 Å². The summed E-state index contributed by atoms with van der Waals surface area (Å²) in [4.78, 5) is 28.8. The average molecular weight is 434 g/mol. The third-order valence-electron chi connectivity index (χ3n) is 5.20. The third kappa shape index (κ3) is 5.56. The maximum Gasteiger partial charge on any atom is 0.327 e. The molecule has 0 bridgehead atoms. The van der Waals surface area contributed by atoms with Crippen LogP contribution >= 0.6 is 11.6 Å². The molecule has 0 saturated carbocycles. The lowest BCUT2D eigenvalue weighted by Crippen LogP contribution is -2.49. The van der Waals surface area contributed by atoms with Crippen LogP contribution in [0.15, 0.2) is 48.5 Å². The fraction of sp³-hybridized carbons (Fsp3) is 0.364. The highest BCUT2D eigenvalue weighted by Gasteiger charge is 2.32. The molecule has 1 aliphatic rings. The van der Waals surface area contributed by atoms with Crippen LogP contribution in [-0.2, 0) is 14.3 Å². The molecule has 6 nitrogen and oxygen atoms in total. The number of nitrogens with one attached hydrogen (secondary N) is 1. The van der Waals surface area contributed by atoms with E-state index in [-0.39, 0.29) is 24.0 Å². The van der Waals surface area contributed by atoms with Crippen LogP contribution in [0, 0.1) is 5.82 Å². The third-order valence-corrected chi connectivity index (χ3v) is 5.54. The van der Waals surface area contributed by atoms with Crippen molar-refractivity contribution in [3.05, 3.63) is 64.9 Å². The van der Waals surface area contributed by atoms with Crippen LogP contribution in [0.4, 0.5) is 10.1 Å². The van der Waals surface area contributed by atoms with Crippen LogP contribution in [0.5, 0.6) is 0 Å². The highest BCUT2D eigenvalue weighted by Crippen LogP contribution is 2.29. The van der Waals surface area contributed by atoms with Gasteiger partial charge in [-0.2, -0.15) is 0 Å². The predicted molar refractivity (Wildman–Crippen MR) is 114 cm³/mol. The van der Waals surface area contributed by atoms with E-state index in [1.54, 1.807) is 18.2 Å². The van der Waals surface area contributed by atoms with Gasteiger partial charge in [0.25, 0.3) is 0 Å². The summed E-state index contributed by atoms with van der Waals surface area (Å²) >= 11 is 6.31. The summed E-state index contributed by atoms with van der Waals surface area (Å²) in [7, 11) is 1.37. The number of halogens is 2. The highest BCUT2D eigenvalue weighted by molar-refractivity contribution is 6.31. The van der Waals surface area contributed by atoms with Crippen molar-refractivity contribution in [3.8, 4) is 0 Å². The van der Waals surface area contributed by atoms with Gasteiger partial charge in [0.2, 0.25) is 5.91 Å². The zero-order valence-electron chi connectivity index (χ0n) is 16.8. The molecule has 1 fully saturated rings. The number of methoxy groups -OCH3 is 1. The molecule has 0 spiro atoms. The minimum absolute atomic E-state index is 0.188. The molecule has 1 heterocycles. The van der Waals surface area contributed by atoms with E-state index >= 15 is 0 Å². The number of hydrogen-bond donors (Lipinski definition) is 1. The molecule has 1 unspecified atom stereocenters. The molecule has 2 aromatic rings. The molecular formula is C22H25ClFN3O3. The maximum absolute atomic E-state index is 13.6. The van der Waals surface area contributed by atoms with E-state index in [1.165, 1.54) is 19.2 Å². The van der Waals surface area contributed by atoms with Crippen LogP contribution < -0.4 is 5.32 Å². The predicted octanol–water partition coefficient (Wildman–Crippen LogP) is 3.34. The first kappa shape index (κ1) is 22.2. The Hall–Kier alpha value is -2.48. The van der Waals surface area contributed by atoms with Crippen molar-refractivity contribution in [2.75, 3.05) is 45.2 Å². The minimum Gasteiger partial charge on any atom is -0.468 e. The second-order valence-electron chi connectivity index (χ2n) is 7.10. The monoisotopic (exact) mass is 433 g/mol. The number of carbonyl (C=O) groups excluding carboxylic acids is 2. The van der Waals surface area contributed by atoms with Gasteiger partial charge in [0.1, 0.15) is 11.9 Å². The molecule has 2 aromatic carbocycles. The number of benzene rings is 2. The Balaban J connectivity index is 1.53. The molecule has 160 valence electrons. The van der Waals surface area contributed by atoms with E-state index < -0.39 is 11.9 Å². The average Bonchev–Trinajstić information content (AvgIpc) is 2.76. The largest absolute Gasteiger partial charge is 0.468 e. The molecule has 8 heteroatoms. The number of carbonyl (C=O) groups is 2. The Morgan fingerprint density at radius 3 is 2.43 bits per heavy atom. The lowest BCUT2D eigenvalue weighted by molar-refractivity contribution is -0.148. The van der Waals surface area contributed by atoms with Crippen molar-refractivity contribution in [1.29, 1.82) is 0 Å². The van der Waals surface area contributed by atoms with Gasteiger partial charge in [0, 0.05) is 44.2 Å². The maximum atomic E-state index is 13.6. The van der Waals surface area contributed by atoms with Crippen LogP contribution in [0.3, 0.4) is 0 Å². The SMILES string of the molecule is COC(=O)C(c1ccccc1Cl)N1CCN(CCC(=O)Nc2ccccc2F)CC1. The molecule has 0 aliphatic carbocycles. The van der Waals surface area contributed by atoms with Crippen LogP contribution in [0.1, 0.15) is 18.0 Å². The number of nitrogens with zero attached hydrogens (tertiary/aromatic N) is 2. The van der Waals surface area contributed by atoms with Crippen molar-refractivity contribution in [2.45, 2.75) is 12.5 Å². The van der Waals surface area contributed by atoms with E-state index in [4.69, 9.17) is 16.3 Å². The second-order valence-corrected chi connectivity index (χ2v) is 7.51. The van der Waals surface area contributed by atoms with Crippen LogP contribution in [0.2, 0.25) is 5.02 Å². The molecule has 1 atom stereocenters. The van der Waals surface area contributed by atoms with Crippen LogP contribution in [-0.4, -0.2) is 61.5 Å². The number of amides is 1. The molecule has 1 amide bonds. The summed E-state index contributed by atoms with van der Waals surface area (Å²) in [5, 5.41) is 3.13. The second kappa shape index (κ2) is 10.5. The van der Waals surface area contributed by atoms with Gasteiger partial charge in [-0.15, -0.1) is 0 Å². The van der Waals surface area contributed by atoms with Gasteiger partial charge in [-0.1, -0.05) is 41.9 Å². The van der Waals surface area contributed by atoms with Gasteiger partial charge < -0.3 is 15.0 Å². The van der Waals surface area contributed by atoms with E-state index in [0.717, 1.165) is 5.56 Å². The molecule has 3 rings (SSSR count). The normalized spacial score (nSPS) is 16.1. The number of rotatable bonds is 7. The van der Waals surface area contributed by atoms with E-state index in [9.17, 15) is 14.0 Å². The van der Waals surface area contributed by atoms with Gasteiger partial charge in [0.05, 0.1) is 12.8 Å². The summed E-state index contributed by atoms with van der Waals surface area (Å²) in [6.07, 6.45) is 0.263. The fourth-order valence-corrected chi connectivity index (χ4v) is 3.80. The van der Waals surface area contributed by atoms with Gasteiger partial charge in [-0.25, -0.2) is 9.18 Å². The van der Waals surface area contributed by atoms with E-state index in [0.29, 0.717) is 37.7 Å². The molecule has 1 saturated heterocycles. The standard InChI is InChI=1S/C22H25ClFN3O3/c1-30-22(29)21(16-6-2-3-7-17(16)23)27-14-12-26(13-15-27)11-10-20(28)25-19-9-5-4-8-18(19)24/h2-9,21H,10-15H2,1H3,(H,25,28). The quantitative estimate of drug-likeness (QED) is 0.678. The van der Waals surface area contributed by atoms with E-state index in [1.807, 2.05) is 23.1 Å². The van der Waals surface area contributed by atoms with Gasteiger partial charge >= 0.3 is 5.97 Å². The number of hydrogen-bond acceptors (Lipinski definition) is 5. The molecule has 0 aromatic heterocycles. The fourth-order valence-electron chi connectivity index (χ4n) is 3.56. The molecule has 1 N–H and O–H groups in total. The van der Waals surface area contributed by atoms with Crippen molar-refractivity contribution in [1.82, 2.24) is 9.80 Å². The molecule has 0 radical (unpaired) electrons. The Bertz CT molecular complexity index is 887. The lowest BCUT2D eigenvalue weighted by atomic mass is 10.0. The zero-order valence-corrected chi connectivity index (χ0v) is 17.6. The minimum atomic E-state index is -0.560. The number of anilines is 1. The summed E-state index contributed by atoms with van der Waals surface area (Å²) in [5.41, 5.74) is 0.914. The summed E-state index contributed by atoms with van der Waals surface area (Å²) in [5.74, 6) is -1.03. The summed E-state index contributed by atoms with van der Waals surface area (Å²) in [6, 6.07) is 12.8. The zero-order chi connectivity index (χ0) is 21.5. The summed E-state index contributed by atoms with van der Waals surface area (Å²) in [6.45, 7) is 3.23.